The molecule has 0 unspecified atom stereocenters. The van der Waals surface area contributed by atoms with Crippen molar-refractivity contribution in [3.05, 3.63) is 65.1 Å². The summed E-state index contributed by atoms with van der Waals surface area (Å²) in [6, 6.07) is 9.63. The molecule has 13 heteroatoms. The van der Waals surface area contributed by atoms with Crippen LogP contribution in [0.15, 0.2) is 53.7 Å². The fraction of sp³-hybridized carbons (Fsp3) is 0.370. The average molecular weight is 586 g/mol. The fourth-order valence-electron chi connectivity index (χ4n) is 4.06. The number of ether oxygens (including phenoxy) is 1. The first-order valence-corrected chi connectivity index (χ1v) is 14.7. The number of hydrogen-bond donors (Lipinski definition) is 3. The van der Waals surface area contributed by atoms with E-state index in [1.807, 2.05) is 20.8 Å². The molecule has 40 heavy (non-hydrogen) atoms. The molecule has 0 radical (unpaired) electrons. The summed E-state index contributed by atoms with van der Waals surface area (Å²) in [5.41, 5.74) is 0.779. The van der Waals surface area contributed by atoms with E-state index in [1.165, 1.54) is 18.2 Å². The van der Waals surface area contributed by atoms with Crippen LogP contribution in [0, 0.1) is 0 Å². The van der Waals surface area contributed by atoms with Gasteiger partial charge in [0.1, 0.15) is 10.5 Å². The smallest absolute Gasteiger partial charge is 0.407 e. The molecular weight excluding hydrogens is 554 g/mol. The summed E-state index contributed by atoms with van der Waals surface area (Å²) in [6.45, 7) is 5.54. The van der Waals surface area contributed by atoms with Crippen molar-refractivity contribution in [3.63, 3.8) is 0 Å². The van der Waals surface area contributed by atoms with E-state index < -0.39 is 15.6 Å². The molecule has 11 nitrogen and oxygen atoms in total. The molecule has 4 rings (SSSR count). The standard InChI is InChI=1S/C27H32ClN7O4S/c1-27(2,3)39-26(36)32-20-12-10-19(11-13-20)31-25-29-16-18(17-30-25)8-9-21-14-15-24(34-33-21)35-40(37,38)23-7-5-4-6-22(23)28/h4-9,14-17,19-20H,10-13H2,1-3H3,(H,32,36)(H,34,35)(H,29,30,31)/b9-8+. The zero-order chi connectivity index (χ0) is 28.8. The molecule has 0 spiro atoms. The first-order valence-electron chi connectivity index (χ1n) is 12.8. The summed E-state index contributed by atoms with van der Waals surface area (Å²) in [6.07, 6.45) is 9.98. The van der Waals surface area contributed by atoms with Gasteiger partial charge in [-0.2, -0.15) is 0 Å². The highest BCUT2D eigenvalue weighted by atomic mass is 35.5. The molecule has 3 aromatic rings. The molecule has 1 aliphatic rings. The quantitative estimate of drug-likeness (QED) is 0.327. The summed E-state index contributed by atoms with van der Waals surface area (Å²) < 4.78 is 32.8. The molecule has 1 saturated carbocycles. The number of amides is 1. The van der Waals surface area contributed by atoms with Gasteiger partial charge in [0, 0.05) is 30.0 Å². The lowest BCUT2D eigenvalue weighted by Gasteiger charge is -2.30. The zero-order valence-corrected chi connectivity index (χ0v) is 24.0. The SMILES string of the molecule is CC(C)(C)OC(=O)NC1CCC(Nc2ncc(/C=C/c3ccc(NS(=O)(=O)c4ccccc4Cl)nn3)cn2)CC1. The van der Waals surface area contributed by atoms with Gasteiger partial charge in [0.05, 0.1) is 10.7 Å². The van der Waals surface area contributed by atoms with E-state index in [2.05, 4.69) is 35.5 Å². The third-order valence-electron chi connectivity index (χ3n) is 5.95. The summed E-state index contributed by atoms with van der Waals surface area (Å²) in [7, 11) is -3.89. The van der Waals surface area contributed by atoms with Crippen LogP contribution in [0.4, 0.5) is 16.6 Å². The summed E-state index contributed by atoms with van der Waals surface area (Å²) in [5, 5.41) is 14.4. The number of halogens is 1. The van der Waals surface area contributed by atoms with Crippen LogP contribution in [0.25, 0.3) is 12.2 Å². The van der Waals surface area contributed by atoms with Crippen molar-refractivity contribution in [3.8, 4) is 0 Å². The van der Waals surface area contributed by atoms with Crippen LogP contribution in [-0.4, -0.2) is 52.4 Å². The highest BCUT2D eigenvalue weighted by molar-refractivity contribution is 7.92. The molecule has 0 atom stereocenters. The molecule has 0 bridgehead atoms. The number of nitrogens with zero attached hydrogens (tertiary/aromatic N) is 4. The second-order valence-corrected chi connectivity index (χ2v) is 12.4. The number of anilines is 2. The second kappa shape index (κ2) is 12.6. The summed E-state index contributed by atoms with van der Waals surface area (Å²) >= 11 is 6.00. The van der Waals surface area contributed by atoms with E-state index >= 15 is 0 Å². The van der Waals surface area contributed by atoms with Crippen molar-refractivity contribution in [1.82, 2.24) is 25.5 Å². The number of hydrogen-bond acceptors (Lipinski definition) is 9. The van der Waals surface area contributed by atoms with E-state index in [1.54, 1.807) is 42.7 Å². The molecule has 0 aliphatic heterocycles. The fourth-order valence-corrected chi connectivity index (χ4v) is 5.58. The van der Waals surface area contributed by atoms with E-state index in [9.17, 15) is 13.2 Å². The highest BCUT2D eigenvalue weighted by Gasteiger charge is 2.25. The third-order valence-corrected chi connectivity index (χ3v) is 7.80. The summed E-state index contributed by atoms with van der Waals surface area (Å²) in [4.78, 5) is 20.7. The van der Waals surface area contributed by atoms with Crippen LogP contribution in [-0.2, 0) is 14.8 Å². The minimum atomic E-state index is -3.89. The van der Waals surface area contributed by atoms with Gasteiger partial charge in [-0.25, -0.2) is 23.2 Å². The van der Waals surface area contributed by atoms with Crippen molar-refractivity contribution in [2.75, 3.05) is 10.0 Å². The maximum absolute atomic E-state index is 12.5. The lowest BCUT2D eigenvalue weighted by atomic mass is 9.91. The molecule has 2 aromatic heterocycles. The lowest BCUT2D eigenvalue weighted by Crippen LogP contribution is -2.42. The molecular formula is C27H32ClN7O4S. The predicted molar refractivity (Wildman–Crippen MR) is 154 cm³/mol. The van der Waals surface area contributed by atoms with Gasteiger partial charge in [-0.3, -0.25) is 4.72 Å². The van der Waals surface area contributed by atoms with Gasteiger partial charge < -0.3 is 15.4 Å². The Hall–Kier alpha value is -3.77. The Morgan fingerprint density at radius 1 is 0.975 bits per heavy atom. The number of rotatable bonds is 8. The molecule has 0 saturated heterocycles. The van der Waals surface area contributed by atoms with Crippen LogP contribution in [0.5, 0.6) is 0 Å². The van der Waals surface area contributed by atoms with E-state index in [4.69, 9.17) is 16.3 Å². The largest absolute Gasteiger partial charge is 0.444 e. The van der Waals surface area contributed by atoms with Gasteiger partial charge in [0.25, 0.3) is 10.0 Å². The second-order valence-electron chi connectivity index (χ2n) is 10.4. The van der Waals surface area contributed by atoms with Crippen molar-refractivity contribution in [2.45, 2.75) is 69.0 Å². The average Bonchev–Trinajstić information content (AvgIpc) is 2.89. The van der Waals surface area contributed by atoms with Crippen molar-refractivity contribution < 1.29 is 17.9 Å². The molecule has 212 valence electrons. The number of aromatic nitrogens is 4. The topological polar surface area (TPSA) is 148 Å². The van der Waals surface area contributed by atoms with Gasteiger partial charge in [-0.1, -0.05) is 23.7 Å². The van der Waals surface area contributed by atoms with Gasteiger partial charge in [-0.05, 0) is 82.9 Å². The molecule has 1 fully saturated rings. The van der Waals surface area contributed by atoms with E-state index in [0.29, 0.717) is 11.6 Å². The van der Waals surface area contributed by atoms with Crippen LogP contribution >= 0.6 is 11.6 Å². The maximum atomic E-state index is 12.5. The predicted octanol–water partition coefficient (Wildman–Crippen LogP) is 5.14. The molecule has 1 aromatic carbocycles. The molecule has 1 aliphatic carbocycles. The minimum absolute atomic E-state index is 0.0386. The molecule has 1 amide bonds. The Morgan fingerprint density at radius 3 is 2.27 bits per heavy atom. The number of alkyl carbamates (subject to hydrolysis) is 1. The monoisotopic (exact) mass is 585 g/mol. The van der Waals surface area contributed by atoms with Crippen LogP contribution in [0.1, 0.15) is 57.7 Å². The van der Waals surface area contributed by atoms with Crippen LogP contribution in [0.2, 0.25) is 5.02 Å². The Balaban J connectivity index is 1.25. The van der Waals surface area contributed by atoms with Crippen molar-refractivity contribution >= 4 is 51.6 Å². The Bertz CT molecular complexity index is 1430. The number of sulfonamides is 1. The normalized spacial score (nSPS) is 17.8. The third kappa shape index (κ3) is 8.62. The maximum Gasteiger partial charge on any atom is 0.407 e. The minimum Gasteiger partial charge on any atom is -0.444 e. The van der Waals surface area contributed by atoms with Crippen molar-refractivity contribution in [1.29, 1.82) is 0 Å². The van der Waals surface area contributed by atoms with E-state index in [0.717, 1.165) is 31.2 Å². The Labute approximate surface area is 238 Å². The number of benzene rings is 1. The van der Waals surface area contributed by atoms with Crippen LogP contribution < -0.4 is 15.4 Å². The van der Waals surface area contributed by atoms with Gasteiger partial charge in [0.15, 0.2) is 5.82 Å². The lowest BCUT2D eigenvalue weighted by molar-refractivity contribution is 0.0492. The zero-order valence-electron chi connectivity index (χ0n) is 22.5. The van der Waals surface area contributed by atoms with Gasteiger partial charge in [-0.15, -0.1) is 10.2 Å². The highest BCUT2D eigenvalue weighted by Crippen LogP contribution is 2.23. The van der Waals surface area contributed by atoms with Gasteiger partial charge in [0.2, 0.25) is 5.95 Å². The van der Waals surface area contributed by atoms with Gasteiger partial charge >= 0.3 is 6.09 Å². The van der Waals surface area contributed by atoms with Crippen molar-refractivity contribution in [2.24, 2.45) is 0 Å². The van der Waals surface area contributed by atoms with Crippen LogP contribution in [0.3, 0.4) is 0 Å². The summed E-state index contributed by atoms with van der Waals surface area (Å²) in [5.74, 6) is 0.612. The first kappa shape index (κ1) is 29.2. The Kier molecular flexibility index (Phi) is 9.21. The molecule has 3 N–H and O–H groups in total. The Morgan fingerprint density at radius 2 is 1.65 bits per heavy atom. The number of carbonyl (C=O) groups is 1. The number of nitrogens with one attached hydrogen (secondary N) is 3. The number of carbonyl (C=O) groups excluding carboxylic acids is 1. The first-order chi connectivity index (χ1) is 19.0. The molecule has 2 heterocycles. The van der Waals surface area contributed by atoms with E-state index in [-0.39, 0.29) is 33.9 Å².